The predicted octanol–water partition coefficient (Wildman–Crippen LogP) is 9.08. The van der Waals surface area contributed by atoms with Crippen molar-refractivity contribution in [1.29, 1.82) is 0 Å². The molecule has 0 aliphatic heterocycles. The van der Waals surface area contributed by atoms with Gasteiger partial charge in [0.05, 0.1) is 5.57 Å². The number of hydrogen-bond acceptors (Lipinski definition) is 2. The molecule has 0 heterocycles. The zero-order chi connectivity index (χ0) is 25.8. The van der Waals surface area contributed by atoms with Crippen molar-refractivity contribution in [3.05, 3.63) is 100 Å². The molecule has 0 atom stereocenters. The summed E-state index contributed by atoms with van der Waals surface area (Å²) in [5, 5.41) is 0. The lowest BCUT2D eigenvalue weighted by atomic mass is 10.0. The molecule has 0 N–H and O–H groups in total. The van der Waals surface area contributed by atoms with Crippen LogP contribution in [0.5, 0.6) is 17.2 Å². The zero-order valence-electron chi connectivity index (χ0n) is 17.2. The first-order valence-electron chi connectivity index (χ1n) is 9.57. The highest BCUT2D eigenvalue weighted by atomic mass is 79.9. The minimum atomic E-state index is -5.53. The Morgan fingerprint density at radius 3 is 2.11 bits per heavy atom. The summed E-state index contributed by atoms with van der Waals surface area (Å²) < 4.78 is 115. The van der Waals surface area contributed by atoms with Crippen molar-refractivity contribution in [2.75, 3.05) is 0 Å². The monoisotopic (exact) mass is 564 g/mol. The second-order valence-corrected chi connectivity index (χ2v) is 7.69. The van der Waals surface area contributed by atoms with Crippen molar-refractivity contribution in [1.82, 2.24) is 0 Å². The first-order chi connectivity index (χ1) is 16.3. The summed E-state index contributed by atoms with van der Waals surface area (Å²) in [6, 6.07) is 15.2. The number of halogens is 9. The average Bonchev–Trinajstić information content (AvgIpc) is 2.75. The number of para-hydroxylation sites is 1. The average molecular weight is 565 g/mol. The van der Waals surface area contributed by atoms with Crippen LogP contribution in [0.1, 0.15) is 11.1 Å². The molecule has 3 aromatic rings. The van der Waals surface area contributed by atoms with Gasteiger partial charge in [-0.2, -0.15) is 13.2 Å². The van der Waals surface area contributed by atoms with E-state index in [9.17, 15) is 35.1 Å². The number of ether oxygens (including phenoxy) is 2. The second-order valence-electron chi connectivity index (χ2n) is 6.83. The van der Waals surface area contributed by atoms with E-state index in [4.69, 9.17) is 4.74 Å². The molecule has 0 bridgehead atoms. The normalized spacial score (nSPS) is 12.8. The molecule has 2 nitrogen and oxygen atoms in total. The van der Waals surface area contributed by atoms with Crippen LogP contribution in [0.4, 0.5) is 35.1 Å². The molecule has 0 saturated heterocycles. The standard InChI is InChI=1S/C24H13BrF8O2/c25-18-13-19(26)22(35-24(31,32)33)21(27)20(18)17(23(28,29)30)11-5-7-14-6-4-10-16(12-14)34-15-8-2-1-3-9-15/h1-13H/b7-5-,17-11+. The Bertz CT molecular complexity index is 1250. The van der Waals surface area contributed by atoms with Crippen molar-refractivity contribution in [3.8, 4) is 17.2 Å². The van der Waals surface area contributed by atoms with E-state index in [0.717, 1.165) is 6.08 Å². The molecule has 0 aliphatic rings. The van der Waals surface area contributed by atoms with Gasteiger partial charge in [0.15, 0.2) is 11.6 Å². The van der Waals surface area contributed by atoms with E-state index < -0.39 is 45.5 Å². The summed E-state index contributed by atoms with van der Waals surface area (Å²) in [6.07, 6.45) is -8.12. The molecule has 11 heteroatoms. The van der Waals surface area contributed by atoms with Crippen LogP contribution in [0.25, 0.3) is 11.6 Å². The summed E-state index contributed by atoms with van der Waals surface area (Å²) >= 11 is 2.58. The van der Waals surface area contributed by atoms with Crippen LogP contribution < -0.4 is 9.47 Å². The summed E-state index contributed by atoms with van der Waals surface area (Å²) in [5.41, 5.74) is -2.60. The van der Waals surface area contributed by atoms with Gasteiger partial charge in [0.2, 0.25) is 5.75 Å². The van der Waals surface area contributed by atoms with E-state index in [1.807, 2.05) is 0 Å². The van der Waals surface area contributed by atoms with E-state index in [0.29, 0.717) is 23.1 Å². The van der Waals surface area contributed by atoms with E-state index in [1.54, 1.807) is 48.5 Å². The van der Waals surface area contributed by atoms with E-state index in [-0.39, 0.29) is 6.07 Å². The maximum absolute atomic E-state index is 14.6. The van der Waals surface area contributed by atoms with Gasteiger partial charge >= 0.3 is 12.5 Å². The smallest absolute Gasteiger partial charge is 0.457 e. The minimum Gasteiger partial charge on any atom is -0.457 e. The van der Waals surface area contributed by atoms with E-state index in [2.05, 4.69) is 20.7 Å². The Hall–Kier alpha value is -3.34. The van der Waals surface area contributed by atoms with Crippen molar-refractivity contribution < 1.29 is 44.6 Å². The van der Waals surface area contributed by atoms with Gasteiger partial charge in [-0.15, -0.1) is 13.2 Å². The van der Waals surface area contributed by atoms with Gasteiger partial charge in [0.25, 0.3) is 0 Å². The molecular weight excluding hydrogens is 552 g/mol. The van der Waals surface area contributed by atoms with Gasteiger partial charge in [-0.25, -0.2) is 8.78 Å². The Morgan fingerprint density at radius 1 is 0.829 bits per heavy atom. The first-order valence-corrected chi connectivity index (χ1v) is 10.4. The number of rotatable bonds is 6. The molecule has 0 fully saturated rings. The predicted molar refractivity (Wildman–Crippen MR) is 117 cm³/mol. The van der Waals surface area contributed by atoms with E-state index >= 15 is 0 Å². The van der Waals surface area contributed by atoms with Gasteiger partial charge in [0.1, 0.15) is 11.5 Å². The Morgan fingerprint density at radius 2 is 1.49 bits per heavy atom. The van der Waals surface area contributed by atoms with Crippen LogP contribution in [-0.2, 0) is 0 Å². The van der Waals surface area contributed by atoms with Crippen molar-refractivity contribution in [3.63, 3.8) is 0 Å². The second kappa shape index (κ2) is 10.5. The number of allylic oxidation sites excluding steroid dienone is 3. The van der Waals surface area contributed by atoms with Crippen molar-refractivity contribution >= 4 is 27.6 Å². The molecule has 35 heavy (non-hydrogen) atoms. The Labute approximate surface area is 202 Å². The fraction of sp³-hybridized carbons (Fsp3) is 0.0833. The molecule has 0 aliphatic carbocycles. The third-order valence-electron chi connectivity index (χ3n) is 4.31. The first kappa shape index (κ1) is 26.3. The fourth-order valence-corrected chi connectivity index (χ4v) is 3.50. The number of benzene rings is 3. The SMILES string of the molecule is Fc1cc(Br)c(/C(=C\C=C/c2cccc(Oc3ccccc3)c2)C(F)(F)F)c(F)c1OC(F)(F)F. The zero-order valence-corrected chi connectivity index (χ0v) is 18.8. The van der Waals surface area contributed by atoms with Gasteiger partial charge in [-0.1, -0.05) is 42.5 Å². The van der Waals surface area contributed by atoms with Crippen LogP contribution in [0.2, 0.25) is 0 Å². The molecule has 184 valence electrons. The molecule has 3 rings (SSSR count). The fourth-order valence-electron chi connectivity index (χ4n) is 2.91. The lowest BCUT2D eigenvalue weighted by Gasteiger charge is -2.17. The number of hydrogen-bond donors (Lipinski definition) is 0. The van der Waals surface area contributed by atoms with Gasteiger partial charge in [-0.05, 0) is 57.9 Å². The van der Waals surface area contributed by atoms with Crippen LogP contribution in [0, 0.1) is 11.6 Å². The highest BCUT2D eigenvalue weighted by molar-refractivity contribution is 9.10. The van der Waals surface area contributed by atoms with Gasteiger partial charge in [0, 0.05) is 10.0 Å². The summed E-state index contributed by atoms with van der Waals surface area (Å²) in [6.45, 7) is 0. The third kappa shape index (κ3) is 7.08. The summed E-state index contributed by atoms with van der Waals surface area (Å²) in [5.74, 6) is -5.08. The lowest BCUT2D eigenvalue weighted by molar-refractivity contribution is -0.276. The quantitative estimate of drug-likeness (QED) is 0.219. The van der Waals surface area contributed by atoms with E-state index in [1.165, 1.54) is 12.1 Å². The topological polar surface area (TPSA) is 18.5 Å². The maximum Gasteiger partial charge on any atom is 0.573 e. The highest BCUT2D eigenvalue weighted by Crippen LogP contribution is 2.43. The van der Waals surface area contributed by atoms with Crippen LogP contribution in [0.3, 0.4) is 0 Å². The summed E-state index contributed by atoms with van der Waals surface area (Å²) in [4.78, 5) is 0. The minimum absolute atomic E-state index is 0.257. The van der Waals surface area contributed by atoms with Gasteiger partial charge < -0.3 is 9.47 Å². The largest absolute Gasteiger partial charge is 0.573 e. The van der Waals surface area contributed by atoms with Crippen LogP contribution in [0.15, 0.2) is 77.3 Å². The molecule has 3 aromatic carbocycles. The Kier molecular flexibility index (Phi) is 7.89. The third-order valence-corrected chi connectivity index (χ3v) is 4.93. The highest BCUT2D eigenvalue weighted by Gasteiger charge is 2.40. The van der Waals surface area contributed by atoms with Crippen molar-refractivity contribution in [2.24, 2.45) is 0 Å². The van der Waals surface area contributed by atoms with Crippen LogP contribution in [-0.4, -0.2) is 12.5 Å². The maximum atomic E-state index is 14.6. The molecule has 0 unspecified atom stereocenters. The molecular formula is C24H13BrF8O2. The Balaban J connectivity index is 1.97. The molecule has 0 spiro atoms. The molecule has 0 aromatic heterocycles. The van der Waals surface area contributed by atoms with Crippen molar-refractivity contribution in [2.45, 2.75) is 12.5 Å². The van der Waals surface area contributed by atoms with Gasteiger partial charge in [-0.3, -0.25) is 0 Å². The number of alkyl halides is 6. The van der Waals surface area contributed by atoms with Crippen LogP contribution >= 0.6 is 15.9 Å². The molecule has 0 amide bonds. The summed E-state index contributed by atoms with van der Waals surface area (Å²) in [7, 11) is 0. The molecule has 0 radical (unpaired) electrons. The molecule has 0 saturated carbocycles. The lowest BCUT2D eigenvalue weighted by Crippen LogP contribution is -2.20.